The zero-order chi connectivity index (χ0) is 15.0. The van der Waals surface area contributed by atoms with Crippen LogP contribution in [0.3, 0.4) is 0 Å². The number of carbonyl (C=O) groups is 1. The number of rotatable bonds is 6. The predicted molar refractivity (Wildman–Crippen MR) is 66.9 cm³/mol. The van der Waals surface area contributed by atoms with Crippen LogP contribution in [0, 0.1) is 0 Å². The van der Waals surface area contributed by atoms with Gasteiger partial charge in [0.25, 0.3) is 0 Å². The van der Waals surface area contributed by atoms with E-state index >= 15 is 0 Å². The van der Waals surface area contributed by atoms with Crippen molar-refractivity contribution in [2.24, 2.45) is 0 Å². The molecular weight excluding hydrogens is 277 g/mol. The molecule has 5 nitrogen and oxygen atoms in total. The average Bonchev–Trinajstić information content (AvgIpc) is 2.38. The van der Waals surface area contributed by atoms with Crippen LogP contribution in [0.4, 0.5) is 23.7 Å². The third kappa shape index (κ3) is 6.83. The first-order chi connectivity index (χ1) is 9.40. The Balaban J connectivity index is 2.39. The molecule has 0 radical (unpaired) electrons. The van der Waals surface area contributed by atoms with Crippen molar-refractivity contribution in [2.75, 3.05) is 32.2 Å². The van der Waals surface area contributed by atoms with Gasteiger partial charge in [0.2, 0.25) is 0 Å². The van der Waals surface area contributed by atoms with E-state index in [4.69, 9.17) is 9.47 Å². The number of nitrogens with one attached hydrogen (secondary N) is 2. The second-order valence-electron chi connectivity index (χ2n) is 3.79. The predicted octanol–water partition coefficient (Wildman–Crippen LogP) is 2.40. The molecule has 0 atom stereocenters. The largest absolute Gasteiger partial charge is 0.491 e. The molecule has 2 N–H and O–H groups in total. The van der Waals surface area contributed by atoms with Crippen LogP contribution in [0.25, 0.3) is 0 Å². The minimum Gasteiger partial charge on any atom is -0.491 e. The van der Waals surface area contributed by atoms with Gasteiger partial charge in [0.15, 0.2) is 0 Å². The molecule has 8 heteroatoms. The highest BCUT2D eigenvalue weighted by Crippen LogP contribution is 2.16. The number of benzene rings is 1. The van der Waals surface area contributed by atoms with Crippen LogP contribution < -0.4 is 15.4 Å². The van der Waals surface area contributed by atoms with Gasteiger partial charge in [0.05, 0.1) is 6.61 Å². The van der Waals surface area contributed by atoms with Crippen molar-refractivity contribution in [1.82, 2.24) is 5.32 Å². The van der Waals surface area contributed by atoms with Gasteiger partial charge in [-0.05, 0) is 24.3 Å². The summed E-state index contributed by atoms with van der Waals surface area (Å²) < 4.78 is 45.8. The zero-order valence-electron chi connectivity index (χ0n) is 10.8. The quantitative estimate of drug-likeness (QED) is 0.791. The van der Waals surface area contributed by atoms with E-state index in [1.54, 1.807) is 24.6 Å². The zero-order valence-corrected chi connectivity index (χ0v) is 10.8. The van der Waals surface area contributed by atoms with Crippen molar-refractivity contribution in [3.63, 3.8) is 0 Å². The third-order valence-electron chi connectivity index (χ3n) is 2.12. The number of carbonyl (C=O) groups excluding carboxylic acids is 1. The smallest absolute Gasteiger partial charge is 0.405 e. The van der Waals surface area contributed by atoms with Crippen LogP contribution in [0.5, 0.6) is 5.75 Å². The summed E-state index contributed by atoms with van der Waals surface area (Å²) in [5.74, 6) is 0.572. The number of urea groups is 1. The Kier molecular flexibility index (Phi) is 6.10. The van der Waals surface area contributed by atoms with Crippen molar-refractivity contribution in [3.8, 4) is 5.75 Å². The number of hydrogen-bond donors (Lipinski definition) is 2. The van der Waals surface area contributed by atoms with Crippen molar-refractivity contribution in [3.05, 3.63) is 24.3 Å². The van der Waals surface area contributed by atoms with E-state index in [1.807, 2.05) is 0 Å². The molecule has 0 aromatic heterocycles. The van der Waals surface area contributed by atoms with Crippen LogP contribution in [0.1, 0.15) is 0 Å². The van der Waals surface area contributed by atoms with Crippen LogP contribution in [-0.4, -0.2) is 39.1 Å². The number of amides is 2. The molecule has 0 bridgehead atoms. The normalized spacial score (nSPS) is 11.0. The summed E-state index contributed by atoms with van der Waals surface area (Å²) >= 11 is 0. The van der Waals surface area contributed by atoms with Crippen molar-refractivity contribution >= 4 is 11.7 Å². The Morgan fingerprint density at radius 2 is 1.85 bits per heavy atom. The number of hydrogen-bond acceptors (Lipinski definition) is 3. The van der Waals surface area contributed by atoms with E-state index in [-0.39, 0.29) is 0 Å². The summed E-state index contributed by atoms with van der Waals surface area (Å²) in [7, 11) is 1.55. The number of ether oxygens (including phenoxy) is 2. The molecular formula is C12H15F3N2O3. The molecule has 0 heterocycles. The fourth-order valence-corrected chi connectivity index (χ4v) is 1.23. The van der Waals surface area contributed by atoms with Gasteiger partial charge in [-0.2, -0.15) is 13.2 Å². The summed E-state index contributed by atoms with van der Waals surface area (Å²) in [6.07, 6.45) is -4.43. The Labute approximate surface area is 114 Å². The fraction of sp³-hybridized carbons (Fsp3) is 0.417. The lowest BCUT2D eigenvalue weighted by Crippen LogP contribution is -2.36. The monoisotopic (exact) mass is 292 g/mol. The number of anilines is 1. The summed E-state index contributed by atoms with van der Waals surface area (Å²) in [6, 6.07) is 5.31. The minimum absolute atomic E-state index is 0.365. The lowest BCUT2D eigenvalue weighted by atomic mass is 10.3. The number of methoxy groups -OCH3 is 1. The van der Waals surface area contributed by atoms with E-state index < -0.39 is 18.8 Å². The lowest BCUT2D eigenvalue weighted by Gasteiger charge is -2.10. The van der Waals surface area contributed by atoms with Gasteiger partial charge in [0, 0.05) is 12.8 Å². The third-order valence-corrected chi connectivity index (χ3v) is 2.12. The average molecular weight is 292 g/mol. The molecule has 0 spiro atoms. The van der Waals surface area contributed by atoms with Crippen molar-refractivity contribution < 1.29 is 27.4 Å². The highest BCUT2D eigenvalue weighted by molar-refractivity contribution is 5.89. The Morgan fingerprint density at radius 1 is 1.20 bits per heavy atom. The first kappa shape index (κ1) is 16.1. The van der Waals surface area contributed by atoms with E-state index in [2.05, 4.69) is 5.32 Å². The van der Waals surface area contributed by atoms with E-state index in [1.165, 1.54) is 12.1 Å². The maximum atomic E-state index is 11.9. The maximum absolute atomic E-state index is 11.9. The summed E-state index contributed by atoms with van der Waals surface area (Å²) in [5, 5.41) is 3.98. The van der Waals surface area contributed by atoms with Crippen molar-refractivity contribution in [2.45, 2.75) is 6.18 Å². The van der Waals surface area contributed by atoms with Crippen LogP contribution in [0.2, 0.25) is 0 Å². The van der Waals surface area contributed by atoms with E-state index in [0.29, 0.717) is 24.7 Å². The number of alkyl halides is 3. The van der Waals surface area contributed by atoms with Gasteiger partial charge in [-0.25, -0.2) is 4.79 Å². The van der Waals surface area contributed by atoms with Gasteiger partial charge in [0.1, 0.15) is 18.9 Å². The molecule has 1 aromatic rings. The Hall–Kier alpha value is -1.96. The number of halogens is 3. The summed E-state index contributed by atoms with van der Waals surface area (Å²) in [6.45, 7) is -0.549. The topological polar surface area (TPSA) is 59.6 Å². The molecule has 0 aliphatic heterocycles. The summed E-state index contributed by atoms with van der Waals surface area (Å²) in [5.41, 5.74) is 0.365. The fourth-order valence-electron chi connectivity index (χ4n) is 1.23. The highest BCUT2D eigenvalue weighted by atomic mass is 19.4. The van der Waals surface area contributed by atoms with Gasteiger partial charge in [-0.3, -0.25) is 0 Å². The van der Waals surface area contributed by atoms with Gasteiger partial charge >= 0.3 is 12.2 Å². The SMILES string of the molecule is COCCOc1ccc(NC(=O)NCC(F)(F)F)cc1. The van der Waals surface area contributed by atoms with Gasteiger partial charge in [-0.1, -0.05) is 0 Å². The second-order valence-corrected chi connectivity index (χ2v) is 3.79. The first-order valence-corrected chi connectivity index (χ1v) is 5.74. The Bertz CT molecular complexity index is 421. The van der Waals surface area contributed by atoms with Gasteiger partial charge < -0.3 is 20.1 Å². The molecule has 0 saturated heterocycles. The minimum atomic E-state index is -4.43. The molecule has 0 saturated carbocycles. The first-order valence-electron chi connectivity index (χ1n) is 5.74. The second kappa shape index (κ2) is 7.59. The molecule has 0 unspecified atom stereocenters. The van der Waals surface area contributed by atoms with Crippen LogP contribution in [0.15, 0.2) is 24.3 Å². The molecule has 20 heavy (non-hydrogen) atoms. The van der Waals surface area contributed by atoms with E-state index in [9.17, 15) is 18.0 Å². The van der Waals surface area contributed by atoms with Gasteiger partial charge in [-0.15, -0.1) is 0 Å². The maximum Gasteiger partial charge on any atom is 0.405 e. The van der Waals surface area contributed by atoms with E-state index in [0.717, 1.165) is 0 Å². The molecule has 1 aromatic carbocycles. The molecule has 112 valence electrons. The van der Waals surface area contributed by atoms with Crippen LogP contribution >= 0.6 is 0 Å². The standard InChI is InChI=1S/C12H15F3N2O3/c1-19-6-7-20-10-4-2-9(3-5-10)17-11(18)16-8-12(13,14)15/h2-5H,6-8H2,1H3,(H2,16,17,18). The molecule has 1 rings (SSSR count). The highest BCUT2D eigenvalue weighted by Gasteiger charge is 2.27. The van der Waals surface area contributed by atoms with Crippen molar-refractivity contribution in [1.29, 1.82) is 0 Å². The summed E-state index contributed by atoms with van der Waals surface area (Å²) in [4.78, 5) is 11.2. The van der Waals surface area contributed by atoms with Crippen LogP contribution in [-0.2, 0) is 4.74 Å². The molecule has 2 amide bonds. The molecule has 0 aliphatic carbocycles. The Morgan fingerprint density at radius 3 is 2.40 bits per heavy atom. The molecule has 0 fully saturated rings. The molecule has 0 aliphatic rings. The lowest BCUT2D eigenvalue weighted by molar-refractivity contribution is -0.122.